The monoisotopic (exact) mass is 486 g/mol. The van der Waals surface area contributed by atoms with Gasteiger partial charge in [-0.25, -0.2) is 4.39 Å². The fourth-order valence-corrected chi connectivity index (χ4v) is 4.64. The summed E-state index contributed by atoms with van der Waals surface area (Å²) in [5.41, 5.74) is 2.17. The molecule has 2 atom stereocenters. The Hall–Kier alpha value is -2.52. The number of aromatic nitrogens is 3. The van der Waals surface area contributed by atoms with Crippen molar-refractivity contribution in [1.29, 1.82) is 0 Å². The number of ketones is 1. The van der Waals surface area contributed by atoms with Gasteiger partial charge in [-0.1, -0.05) is 23.4 Å². The van der Waals surface area contributed by atoms with Crippen molar-refractivity contribution in [1.82, 2.24) is 19.9 Å². The van der Waals surface area contributed by atoms with Crippen LogP contribution in [-0.4, -0.2) is 56.6 Å². The van der Waals surface area contributed by atoms with Crippen molar-refractivity contribution in [3.8, 4) is 0 Å². The number of benzene rings is 1. The van der Waals surface area contributed by atoms with Crippen molar-refractivity contribution in [3.05, 3.63) is 53.1 Å². The highest BCUT2D eigenvalue weighted by atomic mass is 32.1. The van der Waals surface area contributed by atoms with Gasteiger partial charge >= 0.3 is 5.97 Å². The summed E-state index contributed by atoms with van der Waals surface area (Å²) in [5, 5.41) is 8.42. The van der Waals surface area contributed by atoms with E-state index in [1.807, 2.05) is 12.3 Å². The Morgan fingerprint density at radius 1 is 1.29 bits per heavy atom. The van der Waals surface area contributed by atoms with E-state index in [0.717, 1.165) is 24.8 Å². The minimum atomic E-state index is -0.587. The zero-order valence-electron chi connectivity index (χ0n) is 19.4. The molecule has 34 heavy (non-hydrogen) atoms. The number of rotatable bonds is 10. The molecule has 1 saturated carbocycles. The van der Waals surface area contributed by atoms with Gasteiger partial charge in [-0.05, 0) is 50.3 Å². The third-order valence-electron chi connectivity index (χ3n) is 6.28. The molecule has 1 aromatic carbocycles. The van der Waals surface area contributed by atoms with Crippen LogP contribution in [0.4, 0.5) is 4.39 Å². The van der Waals surface area contributed by atoms with E-state index < -0.39 is 6.04 Å². The first-order valence-corrected chi connectivity index (χ1v) is 12.4. The number of piperidine rings is 1. The summed E-state index contributed by atoms with van der Waals surface area (Å²) < 4.78 is 21.4. The van der Waals surface area contributed by atoms with Crippen molar-refractivity contribution >= 4 is 30.5 Å². The predicted octanol–water partition coefficient (Wildman–Crippen LogP) is 3.87. The lowest BCUT2D eigenvalue weighted by molar-refractivity contribution is -0.143. The molecular formula is C25H31FN4O3S. The molecule has 0 amide bonds. The Kier molecular flexibility index (Phi) is 8.15. The summed E-state index contributed by atoms with van der Waals surface area (Å²) in [4.78, 5) is 26.8. The molecule has 0 bridgehead atoms. The summed E-state index contributed by atoms with van der Waals surface area (Å²) in [6.07, 6.45) is 7.27. The largest absolute Gasteiger partial charge is 0.466 e. The van der Waals surface area contributed by atoms with Crippen molar-refractivity contribution in [3.63, 3.8) is 0 Å². The SMILES string of the molecule is CCOC(=O)CCCn1cc(/C=C2/CN(C(C(=O)C3CC3)c3ccccc3F)CCC2S)nn1. The zero-order chi connectivity index (χ0) is 24.1. The number of likely N-dealkylation sites (tertiary alicyclic amines) is 1. The molecule has 2 heterocycles. The van der Waals surface area contributed by atoms with Crippen LogP contribution < -0.4 is 0 Å². The minimum absolute atomic E-state index is 0.0280. The molecule has 0 spiro atoms. The fourth-order valence-electron chi connectivity index (χ4n) is 4.37. The highest BCUT2D eigenvalue weighted by Crippen LogP contribution is 2.39. The highest BCUT2D eigenvalue weighted by molar-refractivity contribution is 7.81. The minimum Gasteiger partial charge on any atom is -0.466 e. The van der Waals surface area contributed by atoms with E-state index in [4.69, 9.17) is 17.4 Å². The van der Waals surface area contributed by atoms with Crippen LogP contribution in [0.2, 0.25) is 0 Å². The lowest BCUT2D eigenvalue weighted by Gasteiger charge is -2.37. The number of ether oxygens (including phenoxy) is 1. The standard InChI is InChI=1S/C25H31FN4O3S/c1-2-33-23(31)8-5-12-30-16-19(27-28-30)14-18-15-29(13-11-22(18)34)24(25(32)17-9-10-17)20-6-3-4-7-21(20)26/h3-4,6-7,14,16-17,22,24,34H,2,5,8-13,15H2,1H3/b18-14-. The molecule has 2 fully saturated rings. The molecule has 4 rings (SSSR count). The number of thiol groups is 1. The van der Waals surface area contributed by atoms with Crippen molar-refractivity contribution < 1.29 is 18.7 Å². The van der Waals surface area contributed by atoms with Gasteiger partial charge < -0.3 is 4.74 Å². The normalized spacial score (nSPS) is 20.9. The molecule has 7 nitrogen and oxygen atoms in total. The summed E-state index contributed by atoms with van der Waals surface area (Å²) >= 11 is 4.75. The summed E-state index contributed by atoms with van der Waals surface area (Å²) in [6.45, 7) is 3.92. The molecule has 0 radical (unpaired) electrons. The zero-order valence-corrected chi connectivity index (χ0v) is 20.3. The van der Waals surface area contributed by atoms with E-state index in [9.17, 15) is 14.0 Å². The molecule has 2 aromatic rings. The fraction of sp³-hybridized carbons (Fsp3) is 0.520. The second kappa shape index (κ2) is 11.3. The average molecular weight is 487 g/mol. The van der Waals surface area contributed by atoms with Crippen LogP contribution >= 0.6 is 12.6 Å². The van der Waals surface area contributed by atoms with Crippen LogP contribution in [0.15, 0.2) is 36.0 Å². The lowest BCUT2D eigenvalue weighted by atomic mass is 9.93. The quantitative estimate of drug-likeness (QED) is 0.406. The number of nitrogens with zero attached hydrogens (tertiary/aromatic N) is 4. The summed E-state index contributed by atoms with van der Waals surface area (Å²) in [5.74, 6) is -0.420. The number of carbonyl (C=O) groups is 2. The molecule has 1 aromatic heterocycles. The number of aryl methyl sites for hydroxylation is 1. The van der Waals surface area contributed by atoms with E-state index >= 15 is 0 Å². The highest BCUT2D eigenvalue weighted by Gasteiger charge is 2.40. The predicted molar refractivity (Wildman–Crippen MR) is 130 cm³/mol. The second-order valence-corrected chi connectivity index (χ2v) is 9.53. The second-order valence-electron chi connectivity index (χ2n) is 8.91. The number of carbonyl (C=O) groups excluding carboxylic acids is 2. The van der Waals surface area contributed by atoms with Gasteiger partial charge in [0, 0.05) is 42.8 Å². The van der Waals surface area contributed by atoms with Gasteiger partial charge in [-0.3, -0.25) is 19.2 Å². The maximum atomic E-state index is 14.7. The summed E-state index contributed by atoms with van der Waals surface area (Å²) in [6, 6.07) is 5.99. The summed E-state index contributed by atoms with van der Waals surface area (Å²) in [7, 11) is 0. The van der Waals surface area contributed by atoms with Gasteiger partial charge in [-0.2, -0.15) is 12.6 Å². The number of halogens is 1. The molecule has 2 aliphatic rings. The number of Topliss-reactive ketones (excluding diaryl/α,β-unsaturated/α-hetero) is 1. The Morgan fingerprint density at radius 2 is 2.09 bits per heavy atom. The maximum absolute atomic E-state index is 14.7. The van der Waals surface area contributed by atoms with E-state index in [1.165, 1.54) is 6.07 Å². The molecular weight excluding hydrogens is 455 g/mol. The van der Waals surface area contributed by atoms with Crippen molar-refractivity contribution in [2.24, 2.45) is 5.92 Å². The van der Waals surface area contributed by atoms with Crippen molar-refractivity contribution in [2.75, 3.05) is 19.7 Å². The van der Waals surface area contributed by atoms with E-state index in [2.05, 4.69) is 15.2 Å². The Morgan fingerprint density at radius 3 is 2.82 bits per heavy atom. The van der Waals surface area contributed by atoms with Crippen LogP contribution in [0.3, 0.4) is 0 Å². The first kappa shape index (κ1) is 24.6. The first-order chi connectivity index (χ1) is 16.5. The van der Waals surface area contributed by atoms with Gasteiger partial charge in [0.15, 0.2) is 5.78 Å². The Bertz CT molecular complexity index is 1050. The lowest BCUT2D eigenvalue weighted by Crippen LogP contribution is -2.42. The first-order valence-electron chi connectivity index (χ1n) is 11.9. The third-order valence-corrected chi connectivity index (χ3v) is 6.87. The van der Waals surface area contributed by atoms with Gasteiger partial charge in [0.1, 0.15) is 11.5 Å². The molecule has 2 unspecified atom stereocenters. The van der Waals surface area contributed by atoms with E-state index in [-0.39, 0.29) is 28.7 Å². The van der Waals surface area contributed by atoms with Gasteiger partial charge in [-0.15, -0.1) is 5.10 Å². The van der Waals surface area contributed by atoms with Crippen LogP contribution in [0.5, 0.6) is 0 Å². The number of hydrogen-bond donors (Lipinski definition) is 1. The van der Waals surface area contributed by atoms with Crippen LogP contribution in [-0.2, 0) is 20.9 Å². The Labute approximate surface area is 204 Å². The Balaban J connectivity index is 1.47. The van der Waals surface area contributed by atoms with Crippen molar-refractivity contribution in [2.45, 2.75) is 56.9 Å². The smallest absolute Gasteiger partial charge is 0.305 e. The van der Waals surface area contributed by atoms with Crippen LogP contribution in [0, 0.1) is 11.7 Å². The van der Waals surface area contributed by atoms with Crippen LogP contribution in [0.25, 0.3) is 6.08 Å². The molecule has 1 saturated heterocycles. The third kappa shape index (κ3) is 6.13. The average Bonchev–Trinajstić information content (AvgIpc) is 3.58. The van der Waals surface area contributed by atoms with E-state index in [1.54, 1.807) is 29.8 Å². The molecule has 1 aliphatic carbocycles. The molecule has 1 aliphatic heterocycles. The van der Waals surface area contributed by atoms with E-state index in [0.29, 0.717) is 50.3 Å². The van der Waals surface area contributed by atoms with Gasteiger partial charge in [0.25, 0.3) is 0 Å². The van der Waals surface area contributed by atoms with Gasteiger partial charge in [0.2, 0.25) is 0 Å². The molecule has 9 heteroatoms. The maximum Gasteiger partial charge on any atom is 0.305 e. The number of hydrogen-bond acceptors (Lipinski definition) is 7. The topological polar surface area (TPSA) is 77.3 Å². The van der Waals surface area contributed by atoms with Crippen LogP contribution in [0.1, 0.15) is 56.3 Å². The molecule has 182 valence electrons. The van der Waals surface area contributed by atoms with Gasteiger partial charge in [0.05, 0.1) is 18.8 Å². The number of esters is 1. The molecule has 0 N–H and O–H groups in total.